The Morgan fingerprint density at radius 2 is 1.80 bits per heavy atom. The van der Waals surface area contributed by atoms with Crippen LogP contribution in [0.2, 0.25) is 0 Å². The number of phenolic OH excluding ortho intramolecular Hbond substituents is 1. The number of phenols is 1. The minimum absolute atomic E-state index is 0.217. The van der Waals surface area contributed by atoms with Crippen LogP contribution < -0.4 is 0 Å². The largest absolute Gasteiger partial charge is 0.508 e. The van der Waals surface area contributed by atoms with Crippen LogP contribution in [0.4, 0.5) is 0 Å². The number of aryl methyl sites for hydroxylation is 1. The number of aliphatic hydroxyl groups excluding tert-OH is 1. The summed E-state index contributed by atoms with van der Waals surface area (Å²) >= 11 is 0. The molecule has 25 heavy (non-hydrogen) atoms. The second kappa shape index (κ2) is 8.48. The van der Waals surface area contributed by atoms with Gasteiger partial charge in [-0.25, -0.2) is 0 Å². The summed E-state index contributed by atoms with van der Waals surface area (Å²) in [5, 5.41) is 19.1. The van der Waals surface area contributed by atoms with Gasteiger partial charge < -0.3 is 10.2 Å². The van der Waals surface area contributed by atoms with E-state index < -0.39 is 0 Å². The molecular weight excluding hydrogens is 312 g/mol. The molecule has 0 radical (unpaired) electrons. The molecule has 2 N–H and O–H groups in total. The molecule has 0 aliphatic carbocycles. The first kappa shape index (κ1) is 17.9. The van der Waals surface area contributed by atoms with Gasteiger partial charge in [0, 0.05) is 45.4 Å². The number of hydrogen-bond acceptors (Lipinski definition) is 4. The van der Waals surface area contributed by atoms with Crippen molar-refractivity contribution in [1.29, 1.82) is 0 Å². The average molecular weight is 340 g/mol. The molecule has 1 heterocycles. The lowest BCUT2D eigenvalue weighted by Crippen LogP contribution is -2.52. The molecule has 4 nitrogen and oxygen atoms in total. The van der Waals surface area contributed by atoms with Gasteiger partial charge in [0.2, 0.25) is 0 Å². The highest BCUT2D eigenvalue weighted by Crippen LogP contribution is 2.20. The van der Waals surface area contributed by atoms with Gasteiger partial charge in [0.25, 0.3) is 0 Å². The van der Waals surface area contributed by atoms with Crippen molar-refractivity contribution < 1.29 is 10.2 Å². The molecule has 1 unspecified atom stereocenters. The lowest BCUT2D eigenvalue weighted by molar-refractivity contribution is 0.0499. The maximum Gasteiger partial charge on any atom is 0.115 e. The van der Waals surface area contributed by atoms with Crippen LogP contribution in [0.3, 0.4) is 0 Å². The van der Waals surface area contributed by atoms with Gasteiger partial charge in [0.05, 0.1) is 0 Å². The molecule has 0 spiro atoms. The van der Waals surface area contributed by atoms with Gasteiger partial charge in [-0.3, -0.25) is 9.80 Å². The van der Waals surface area contributed by atoms with Crippen LogP contribution in [0.1, 0.15) is 23.1 Å². The zero-order valence-corrected chi connectivity index (χ0v) is 14.9. The average Bonchev–Trinajstić information content (AvgIpc) is 2.59. The molecule has 2 aromatic rings. The van der Waals surface area contributed by atoms with Crippen molar-refractivity contribution in [2.75, 3.05) is 26.2 Å². The van der Waals surface area contributed by atoms with E-state index in [1.165, 1.54) is 11.1 Å². The van der Waals surface area contributed by atoms with E-state index in [1.54, 1.807) is 6.07 Å². The standard InChI is InChI=1S/C21H28N2O2/c1-17-5-7-18(8-6-17)15-23-11-10-22(16-20(23)9-12-24)14-19-3-2-4-21(25)13-19/h2-8,13,20,24-25H,9-12,14-16H2,1H3. The molecule has 1 fully saturated rings. The Balaban J connectivity index is 1.62. The quantitative estimate of drug-likeness (QED) is 0.849. The number of piperazine rings is 1. The van der Waals surface area contributed by atoms with Crippen LogP contribution >= 0.6 is 0 Å². The highest BCUT2D eigenvalue weighted by Gasteiger charge is 2.26. The van der Waals surface area contributed by atoms with Gasteiger partial charge in [0.15, 0.2) is 0 Å². The summed E-state index contributed by atoms with van der Waals surface area (Å²) in [4.78, 5) is 4.90. The normalized spacial score (nSPS) is 19.2. The zero-order valence-electron chi connectivity index (χ0n) is 14.9. The van der Waals surface area contributed by atoms with Crippen LogP contribution in [0.15, 0.2) is 48.5 Å². The molecule has 2 aromatic carbocycles. The topological polar surface area (TPSA) is 46.9 Å². The number of rotatable bonds is 6. The zero-order chi connectivity index (χ0) is 17.6. The summed E-state index contributed by atoms with van der Waals surface area (Å²) in [5.41, 5.74) is 3.75. The van der Waals surface area contributed by atoms with Crippen molar-refractivity contribution in [1.82, 2.24) is 9.80 Å². The number of nitrogens with zero attached hydrogens (tertiary/aromatic N) is 2. The molecular formula is C21H28N2O2. The predicted octanol–water partition coefficient (Wildman–Crippen LogP) is 2.77. The summed E-state index contributed by atoms with van der Waals surface area (Å²) < 4.78 is 0. The number of aliphatic hydroxyl groups is 1. The molecule has 0 amide bonds. The van der Waals surface area contributed by atoms with Crippen LogP contribution in [0.5, 0.6) is 5.75 Å². The minimum atomic E-state index is 0.217. The molecule has 1 aliphatic rings. The maximum absolute atomic E-state index is 9.64. The van der Waals surface area contributed by atoms with E-state index in [4.69, 9.17) is 0 Å². The lowest BCUT2D eigenvalue weighted by Gasteiger charge is -2.41. The van der Waals surface area contributed by atoms with Gasteiger partial charge in [-0.15, -0.1) is 0 Å². The van der Waals surface area contributed by atoms with Gasteiger partial charge in [-0.2, -0.15) is 0 Å². The minimum Gasteiger partial charge on any atom is -0.508 e. The van der Waals surface area contributed by atoms with Crippen LogP contribution in [-0.2, 0) is 13.1 Å². The summed E-state index contributed by atoms with van der Waals surface area (Å²) in [6, 6.07) is 16.6. The lowest BCUT2D eigenvalue weighted by atomic mass is 10.1. The van der Waals surface area contributed by atoms with E-state index >= 15 is 0 Å². The first-order valence-electron chi connectivity index (χ1n) is 9.05. The van der Waals surface area contributed by atoms with Crippen molar-refractivity contribution in [3.63, 3.8) is 0 Å². The Morgan fingerprint density at radius 3 is 2.52 bits per heavy atom. The third kappa shape index (κ3) is 5.05. The molecule has 1 aliphatic heterocycles. The fraction of sp³-hybridized carbons (Fsp3) is 0.429. The fourth-order valence-corrected chi connectivity index (χ4v) is 3.57. The molecule has 1 atom stereocenters. The summed E-state index contributed by atoms with van der Waals surface area (Å²) in [6.45, 7) is 7.05. The van der Waals surface area contributed by atoms with Crippen molar-refractivity contribution in [3.05, 3.63) is 65.2 Å². The molecule has 3 rings (SSSR count). The van der Waals surface area contributed by atoms with Crippen molar-refractivity contribution in [3.8, 4) is 5.75 Å². The second-order valence-electron chi connectivity index (χ2n) is 7.03. The molecule has 0 saturated carbocycles. The van der Waals surface area contributed by atoms with Gasteiger partial charge in [-0.05, 0) is 36.6 Å². The summed E-state index contributed by atoms with van der Waals surface area (Å²) in [7, 11) is 0. The fourth-order valence-electron chi connectivity index (χ4n) is 3.57. The van der Waals surface area contributed by atoms with Crippen molar-refractivity contribution >= 4 is 0 Å². The maximum atomic E-state index is 9.64. The Kier molecular flexibility index (Phi) is 6.08. The summed E-state index contributed by atoms with van der Waals surface area (Å²) in [6.07, 6.45) is 0.794. The number of benzene rings is 2. The van der Waals surface area contributed by atoms with Crippen LogP contribution in [0.25, 0.3) is 0 Å². The van der Waals surface area contributed by atoms with Crippen molar-refractivity contribution in [2.24, 2.45) is 0 Å². The Morgan fingerprint density at radius 1 is 1.00 bits per heavy atom. The number of aromatic hydroxyl groups is 1. The molecule has 0 aromatic heterocycles. The first-order valence-corrected chi connectivity index (χ1v) is 9.05. The van der Waals surface area contributed by atoms with Crippen LogP contribution in [0, 0.1) is 6.92 Å². The van der Waals surface area contributed by atoms with Crippen molar-refractivity contribution in [2.45, 2.75) is 32.5 Å². The SMILES string of the molecule is Cc1ccc(CN2CCN(Cc3cccc(O)c3)CC2CCO)cc1. The van der Waals surface area contributed by atoms with E-state index in [2.05, 4.69) is 47.1 Å². The van der Waals surface area contributed by atoms with Gasteiger partial charge >= 0.3 is 0 Å². The monoisotopic (exact) mass is 340 g/mol. The summed E-state index contributed by atoms with van der Waals surface area (Å²) in [5.74, 6) is 0.322. The van der Waals surface area contributed by atoms with E-state index in [0.717, 1.165) is 44.7 Å². The third-order valence-electron chi connectivity index (χ3n) is 4.97. The smallest absolute Gasteiger partial charge is 0.115 e. The third-order valence-corrected chi connectivity index (χ3v) is 4.97. The molecule has 0 bridgehead atoms. The van der Waals surface area contributed by atoms with E-state index in [9.17, 15) is 10.2 Å². The molecule has 1 saturated heterocycles. The first-order chi connectivity index (χ1) is 12.1. The second-order valence-corrected chi connectivity index (χ2v) is 7.03. The molecule has 4 heteroatoms. The Hall–Kier alpha value is -1.88. The van der Waals surface area contributed by atoms with E-state index in [0.29, 0.717) is 11.8 Å². The Labute approximate surface area is 150 Å². The molecule has 134 valence electrons. The van der Waals surface area contributed by atoms with Gasteiger partial charge in [-0.1, -0.05) is 42.0 Å². The van der Waals surface area contributed by atoms with Crippen LogP contribution in [-0.4, -0.2) is 52.3 Å². The van der Waals surface area contributed by atoms with Gasteiger partial charge in [0.1, 0.15) is 5.75 Å². The van der Waals surface area contributed by atoms with E-state index in [-0.39, 0.29) is 6.61 Å². The predicted molar refractivity (Wildman–Crippen MR) is 100 cm³/mol. The number of hydrogen-bond donors (Lipinski definition) is 2. The Bertz CT molecular complexity index is 672. The highest BCUT2D eigenvalue weighted by atomic mass is 16.3. The van der Waals surface area contributed by atoms with E-state index in [1.807, 2.05) is 12.1 Å². The highest BCUT2D eigenvalue weighted by molar-refractivity contribution is 5.27.